The largest absolute Gasteiger partial charge is 0.376 e. The van der Waals surface area contributed by atoms with Crippen LogP contribution in [0.1, 0.15) is 47.9 Å². The zero-order chi connectivity index (χ0) is 20.9. The maximum Gasteiger partial charge on any atom is 0.230 e. The Balaban J connectivity index is 1.63. The zero-order valence-corrected chi connectivity index (χ0v) is 17.8. The minimum atomic E-state index is -0.278. The first-order valence-corrected chi connectivity index (χ1v) is 10.6. The third-order valence-electron chi connectivity index (χ3n) is 5.98. The second-order valence-electron chi connectivity index (χ2n) is 7.93. The lowest BCUT2D eigenvalue weighted by Crippen LogP contribution is -2.33. The Bertz CT molecular complexity index is 997. The maximum absolute atomic E-state index is 13.5. The number of hydrogen-bond acceptors (Lipinski definition) is 3. The smallest absolute Gasteiger partial charge is 0.230 e. The number of imidazole rings is 1. The van der Waals surface area contributed by atoms with Crippen molar-refractivity contribution < 1.29 is 9.53 Å². The molecule has 1 atom stereocenters. The molecule has 0 saturated carbocycles. The Morgan fingerprint density at radius 2 is 1.90 bits per heavy atom. The topological polar surface area (TPSA) is 47.4 Å². The Morgan fingerprint density at radius 1 is 1.13 bits per heavy atom. The molecule has 3 aromatic rings. The van der Waals surface area contributed by atoms with Gasteiger partial charge in [0.1, 0.15) is 5.82 Å². The van der Waals surface area contributed by atoms with Gasteiger partial charge in [-0.15, -0.1) is 0 Å². The minimum absolute atomic E-state index is 0.0319. The van der Waals surface area contributed by atoms with Crippen LogP contribution in [0.3, 0.4) is 0 Å². The molecule has 1 amide bonds. The standard InChI is InChI=1S/C25H29N3O2/c1-27-15-14-26-24(27)18-28(22-13-12-19-8-6-7-11-21(19)16-22)25(29)17-23(30-2)20-9-4-3-5-10-20/h3-5,9-10,12-16,23H,6-8,11,17-18H2,1-2H3. The second-order valence-corrected chi connectivity index (χ2v) is 7.93. The van der Waals surface area contributed by atoms with Gasteiger partial charge in [0.15, 0.2) is 0 Å². The molecular formula is C25H29N3O2. The number of carbonyl (C=O) groups excluding carboxylic acids is 1. The van der Waals surface area contributed by atoms with Crippen LogP contribution in [0, 0.1) is 0 Å². The molecule has 5 nitrogen and oxygen atoms in total. The second kappa shape index (κ2) is 9.26. The highest BCUT2D eigenvalue weighted by Gasteiger charge is 2.24. The van der Waals surface area contributed by atoms with Gasteiger partial charge in [-0.1, -0.05) is 36.4 Å². The quantitative estimate of drug-likeness (QED) is 0.579. The molecule has 5 heteroatoms. The summed E-state index contributed by atoms with van der Waals surface area (Å²) in [5.41, 5.74) is 4.72. The molecule has 0 aliphatic heterocycles. The first-order chi connectivity index (χ1) is 14.7. The number of fused-ring (bicyclic) bond motifs is 1. The third-order valence-corrected chi connectivity index (χ3v) is 5.98. The van der Waals surface area contributed by atoms with E-state index in [1.54, 1.807) is 13.3 Å². The monoisotopic (exact) mass is 403 g/mol. The van der Waals surface area contributed by atoms with Crippen molar-refractivity contribution in [3.05, 3.63) is 83.4 Å². The summed E-state index contributed by atoms with van der Waals surface area (Å²) >= 11 is 0. The fraction of sp³-hybridized carbons (Fsp3) is 0.360. The van der Waals surface area contributed by atoms with Crippen LogP contribution in [0.15, 0.2) is 60.9 Å². The number of amides is 1. The zero-order valence-electron chi connectivity index (χ0n) is 17.8. The summed E-state index contributed by atoms with van der Waals surface area (Å²) < 4.78 is 7.64. The Hall–Kier alpha value is -2.92. The lowest BCUT2D eigenvalue weighted by molar-refractivity contribution is -0.121. The lowest BCUT2D eigenvalue weighted by Gasteiger charge is -2.27. The molecule has 0 radical (unpaired) electrons. The molecule has 4 rings (SSSR count). The highest BCUT2D eigenvalue weighted by molar-refractivity contribution is 5.93. The molecule has 1 heterocycles. The predicted molar refractivity (Wildman–Crippen MR) is 118 cm³/mol. The number of benzene rings is 2. The van der Waals surface area contributed by atoms with E-state index >= 15 is 0 Å². The van der Waals surface area contributed by atoms with Gasteiger partial charge in [0.2, 0.25) is 5.91 Å². The van der Waals surface area contributed by atoms with Crippen LogP contribution in [0.5, 0.6) is 0 Å². The van der Waals surface area contributed by atoms with Gasteiger partial charge >= 0.3 is 0 Å². The van der Waals surface area contributed by atoms with Gasteiger partial charge in [-0.05, 0) is 54.5 Å². The van der Waals surface area contributed by atoms with Crippen molar-refractivity contribution >= 4 is 11.6 Å². The number of methoxy groups -OCH3 is 1. The van der Waals surface area contributed by atoms with E-state index in [4.69, 9.17) is 4.74 Å². The van der Waals surface area contributed by atoms with Crippen molar-refractivity contribution in [1.29, 1.82) is 0 Å². The number of hydrogen-bond donors (Lipinski definition) is 0. The summed E-state index contributed by atoms with van der Waals surface area (Å²) in [5, 5.41) is 0. The summed E-state index contributed by atoms with van der Waals surface area (Å²) in [6, 6.07) is 16.4. The van der Waals surface area contributed by atoms with E-state index in [1.807, 2.05) is 53.0 Å². The summed E-state index contributed by atoms with van der Waals surface area (Å²) in [7, 11) is 3.62. The molecule has 1 aliphatic carbocycles. The first kappa shape index (κ1) is 20.4. The average Bonchev–Trinajstić information content (AvgIpc) is 3.20. The molecule has 1 unspecified atom stereocenters. The molecule has 0 bridgehead atoms. The fourth-order valence-electron chi connectivity index (χ4n) is 4.18. The molecule has 0 spiro atoms. The summed E-state index contributed by atoms with van der Waals surface area (Å²) in [6.07, 6.45) is 8.35. The lowest BCUT2D eigenvalue weighted by atomic mass is 9.91. The SMILES string of the molecule is COC(CC(=O)N(Cc1nccn1C)c1ccc2c(c1)CCCC2)c1ccccc1. The van der Waals surface area contributed by atoms with Gasteiger partial charge in [-0.2, -0.15) is 0 Å². The van der Waals surface area contributed by atoms with E-state index in [-0.39, 0.29) is 18.4 Å². The number of aromatic nitrogens is 2. The van der Waals surface area contributed by atoms with E-state index in [9.17, 15) is 4.79 Å². The van der Waals surface area contributed by atoms with Crippen molar-refractivity contribution in [3.63, 3.8) is 0 Å². The molecule has 30 heavy (non-hydrogen) atoms. The van der Waals surface area contributed by atoms with Gasteiger partial charge in [-0.25, -0.2) is 4.98 Å². The predicted octanol–water partition coefficient (Wildman–Crippen LogP) is 4.61. The van der Waals surface area contributed by atoms with Crippen molar-refractivity contribution in [2.24, 2.45) is 7.05 Å². The Morgan fingerprint density at radius 3 is 2.60 bits per heavy atom. The number of aryl methyl sites for hydroxylation is 3. The van der Waals surface area contributed by atoms with Gasteiger partial charge in [0, 0.05) is 32.2 Å². The molecule has 0 saturated heterocycles. The van der Waals surface area contributed by atoms with Gasteiger partial charge in [-0.3, -0.25) is 4.79 Å². The molecule has 0 N–H and O–H groups in total. The Labute approximate surface area is 178 Å². The van der Waals surface area contributed by atoms with Gasteiger partial charge in [0.05, 0.1) is 19.1 Å². The highest BCUT2D eigenvalue weighted by Crippen LogP contribution is 2.29. The average molecular weight is 404 g/mol. The van der Waals surface area contributed by atoms with Crippen LogP contribution in [0.2, 0.25) is 0 Å². The van der Waals surface area contributed by atoms with E-state index in [0.717, 1.165) is 29.9 Å². The van der Waals surface area contributed by atoms with Crippen molar-refractivity contribution in [2.75, 3.05) is 12.0 Å². The van der Waals surface area contributed by atoms with E-state index in [0.29, 0.717) is 6.54 Å². The summed E-state index contributed by atoms with van der Waals surface area (Å²) in [6.45, 7) is 0.437. The minimum Gasteiger partial charge on any atom is -0.376 e. The summed E-state index contributed by atoms with van der Waals surface area (Å²) in [5.74, 6) is 0.888. The van der Waals surface area contributed by atoms with Crippen molar-refractivity contribution in [2.45, 2.75) is 44.8 Å². The molecule has 1 aliphatic rings. The van der Waals surface area contributed by atoms with Gasteiger partial charge < -0.3 is 14.2 Å². The first-order valence-electron chi connectivity index (χ1n) is 10.6. The van der Waals surface area contributed by atoms with Crippen LogP contribution >= 0.6 is 0 Å². The highest BCUT2D eigenvalue weighted by atomic mass is 16.5. The van der Waals surface area contributed by atoms with Crippen molar-refractivity contribution in [1.82, 2.24) is 9.55 Å². The Kier molecular flexibility index (Phi) is 6.29. The van der Waals surface area contributed by atoms with Crippen LogP contribution in [0.25, 0.3) is 0 Å². The number of rotatable bonds is 7. The van der Waals surface area contributed by atoms with Crippen LogP contribution in [-0.2, 0) is 36.0 Å². The van der Waals surface area contributed by atoms with Crippen LogP contribution in [-0.4, -0.2) is 22.6 Å². The fourth-order valence-corrected chi connectivity index (χ4v) is 4.18. The molecule has 2 aromatic carbocycles. The molecule has 0 fully saturated rings. The summed E-state index contributed by atoms with van der Waals surface area (Å²) in [4.78, 5) is 19.8. The van der Waals surface area contributed by atoms with Crippen molar-refractivity contribution in [3.8, 4) is 0 Å². The third kappa shape index (κ3) is 4.46. The number of nitrogens with zero attached hydrogens (tertiary/aromatic N) is 3. The molecule has 156 valence electrons. The molecular weight excluding hydrogens is 374 g/mol. The van der Waals surface area contributed by atoms with E-state index < -0.39 is 0 Å². The van der Waals surface area contributed by atoms with E-state index in [1.165, 1.54) is 24.0 Å². The maximum atomic E-state index is 13.5. The number of anilines is 1. The van der Waals surface area contributed by atoms with E-state index in [2.05, 4.69) is 23.2 Å². The number of ether oxygens (including phenoxy) is 1. The normalized spacial score (nSPS) is 14.2. The number of carbonyl (C=O) groups is 1. The van der Waals surface area contributed by atoms with Gasteiger partial charge in [0.25, 0.3) is 0 Å². The van der Waals surface area contributed by atoms with Crippen LogP contribution in [0.4, 0.5) is 5.69 Å². The molecule has 1 aromatic heterocycles. The van der Waals surface area contributed by atoms with Crippen LogP contribution < -0.4 is 4.90 Å².